The van der Waals surface area contributed by atoms with Crippen LogP contribution in [0.5, 0.6) is 0 Å². The summed E-state index contributed by atoms with van der Waals surface area (Å²) in [5, 5.41) is 11.1. The van der Waals surface area contributed by atoms with Crippen molar-refractivity contribution in [1.82, 2.24) is 4.98 Å². The number of aliphatic hydroxyl groups is 1. The van der Waals surface area contributed by atoms with E-state index >= 15 is 0 Å². The van der Waals surface area contributed by atoms with Gasteiger partial charge in [-0.15, -0.1) is 0 Å². The van der Waals surface area contributed by atoms with Crippen molar-refractivity contribution >= 4 is 38.9 Å². The van der Waals surface area contributed by atoms with E-state index in [1.54, 1.807) is 13.1 Å². The van der Waals surface area contributed by atoms with Gasteiger partial charge in [-0.3, -0.25) is 4.99 Å². The van der Waals surface area contributed by atoms with Crippen LogP contribution in [0.25, 0.3) is 27.8 Å². The summed E-state index contributed by atoms with van der Waals surface area (Å²) in [6.45, 7) is 13.7. The molecule has 0 amide bonds. The molecule has 6 heteroatoms. The van der Waals surface area contributed by atoms with Crippen molar-refractivity contribution < 1.29 is 9.50 Å². The third-order valence-electron chi connectivity index (χ3n) is 5.07. The van der Waals surface area contributed by atoms with Crippen molar-refractivity contribution in [2.45, 2.75) is 46.3 Å². The van der Waals surface area contributed by atoms with Gasteiger partial charge in [0.2, 0.25) is 0 Å². The second-order valence-electron chi connectivity index (χ2n) is 7.19. The number of hydrogen-bond donors (Lipinski definition) is 3. The normalized spacial score (nSPS) is 12.8. The van der Waals surface area contributed by atoms with Crippen LogP contribution in [0, 0.1) is 5.82 Å². The van der Waals surface area contributed by atoms with E-state index in [1.165, 1.54) is 6.07 Å². The van der Waals surface area contributed by atoms with Crippen molar-refractivity contribution in [3.8, 4) is 11.1 Å². The zero-order valence-corrected chi connectivity index (χ0v) is 21.7. The fourth-order valence-electron chi connectivity index (χ4n) is 3.56. The maximum absolute atomic E-state index is 14.7. The van der Waals surface area contributed by atoms with Crippen molar-refractivity contribution in [2.75, 3.05) is 13.3 Å². The van der Waals surface area contributed by atoms with Gasteiger partial charge in [0.25, 0.3) is 0 Å². The van der Waals surface area contributed by atoms with Crippen LogP contribution in [0.3, 0.4) is 0 Å². The molecular formula is C27H38FN3OS. The molecule has 2 atom stereocenters. The van der Waals surface area contributed by atoms with E-state index < -0.39 is 0 Å². The number of hydrogen-bond acceptors (Lipinski definition) is 2. The third kappa shape index (κ3) is 6.35. The molecule has 0 spiro atoms. The predicted octanol–water partition coefficient (Wildman–Crippen LogP) is 7.48. The summed E-state index contributed by atoms with van der Waals surface area (Å²) in [6, 6.07) is 11.0. The van der Waals surface area contributed by atoms with Gasteiger partial charge in [-0.05, 0) is 29.0 Å². The Balaban J connectivity index is 0.00000129. The first-order valence-corrected chi connectivity index (χ1v) is 13.2. The molecule has 0 aliphatic carbocycles. The average Bonchev–Trinajstić information content (AvgIpc) is 3.22. The highest BCUT2D eigenvalue weighted by atomic mass is 32.2. The zero-order chi connectivity index (χ0) is 25.3. The van der Waals surface area contributed by atoms with Crippen LogP contribution in [0.4, 0.5) is 4.39 Å². The highest BCUT2D eigenvalue weighted by molar-refractivity contribution is 8.12. The van der Waals surface area contributed by atoms with Crippen LogP contribution in [-0.2, 0) is 5.75 Å². The number of aromatic nitrogens is 1. The lowest BCUT2D eigenvalue weighted by Gasteiger charge is -2.12. The number of fused-ring (bicyclic) bond motifs is 1. The monoisotopic (exact) mass is 471 g/mol. The lowest BCUT2D eigenvalue weighted by atomic mass is 9.94. The van der Waals surface area contributed by atoms with E-state index in [1.807, 2.05) is 65.1 Å². The first-order chi connectivity index (χ1) is 15.7. The van der Waals surface area contributed by atoms with Crippen LogP contribution in [0.2, 0.25) is 0 Å². The molecule has 0 saturated carbocycles. The minimum Gasteiger partial charge on any atom is -0.506 e. The van der Waals surface area contributed by atoms with Crippen LogP contribution in [-0.4, -0.2) is 35.1 Å². The van der Waals surface area contributed by atoms with Gasteiger partial charge in [-0.25, -0.2) is 4.39 Å². The molecule has 0 radical (unpaired) electrons. The molecule has 0 bridgehead atoms. The summed E-state index contributed by atoms with van der Waals surface area (Å²) in [4.78, 5) is 7.36. The van der Waals surface area contributed by atoms with Gasteiger partial charge < -0.3 is 15.8 Å². The van der Waals surface area contributed by atoms with Gasteiger partial charge in [0, 0.05) is 29.7 Å². The second kappa shape index (κ2) is 13.0. The van der Waals surface area contributed by atoms with Gasteiger partial charge in [-0.1, -0.05) is 77.4 Å². The molecule has 4 nitrogen and oxygen atoms in total. The van der Waals surface area contributed by atoms with Crippen LogP contribution in [0.15, 0.2) is 48.0 Å². The number of halogens is 1. The molecule has 180 valence electrons. The van der Waals surface area contributed by atoms with Gasteiger partial charge in [-0.2, -0.15) is 10.5 Å². The standard InChI is InChI=1S/C23H26FN3OS.2C2H6/c1-13(23(25)26-3)17-7-6-8-18-20(21(14(2)28)27-22(17)18)15-9-10-16(12-29(4)5)19(24)11-15;2*1-2/h6-11,13,27-28H,2,4,12H2,1,3,5H3,(H2,25,26);2*1-2H3. The molecule has 2 aromatic carbocycles. The summed E-state index contributed by atoms with van der Waals surface area (Å²) < 4.78 is 14.7. The number of benzene rings is 2. The highest BCUT2D eigenvalue weighted by Crippen LogP contribution is 2.38. The molecule has 2 unspecified atom stereocenters. The van der Waals surface area contributed by atoms with E-state index in [4.69, 9.17) is 5.73 Å². The average molecular weight is 472 g/mol. The molecule has 3 aromatic rings. The zero-order valence-electron chi connectivity index (χ0n) is 20.9. The van der Waals surface area contributed by atoms with Gasteiger partial charge in [0.05, 0.1) is 11.2 Å². The molecule has 0 fully saturated rings. The number of H-pyrrole nitrogens is 1. The highest BCUT2D eigenvalue weighted by Gasteiger charge is 2.21. The Morgan fingerprint density at radius 1 is 1.21 bits per heavy atom. The van der Waals surface area contributed by atoms with Crippen molar-refractivity contribution in [3.05, 3.63) is 65.6 Å². The molecule has 1 heterocycles. The molecule has 33 heavy (non-hydrogen) atoms. The number of aliphatic hydroxyl groups excluding tert-OH is 1. The van der Waals surface area contributed by atoms with Crippen LogP contribution < -0.4 is 5.73 Å². The van der Waals surface area contributed by atoms with Gasteiger partial charge >= 0.3 is 0 Å². The van der Waals surface area contributed by atoms with E-state index in [2.05, 4.69) is 22.4 Å². The number of nitrogens with zero attached hydrogens (tertiary/aromatic N) is 1. The molecule has 0 aliphatic rings. The molecule has 1 aromatic heterocycles. The Morgan fingerprint density at radius 3 is 2.36 bits per heavy atom. The number of rotatable bonds is 6. The van der Waals surface area contributed by atoms with Crippen molar-refractivity contribution in [2.24, 2.45) is 10.7 Å². The lowest BCUT2D eigenvalue weighted by Crippen LogP contribution is -2.19. The van der Waals surface area contributed by atoms with Gasteiger partial charge in [0.15, 0.2) is 0 Å². The number of aliphatic imine (C=N–C) groups is 1. The van der Waals surface area contributed by atoms with E-state index in [0.717, 1.165) is 16.5 Å². The number of nitrogens with one attached hydrogen (secondary N) is 1. The van der Waals surface area contributed by atoms with E-state index in [-0.39, 0.29) is 28.0 Å². The smallest absolute Gasteiger partial charge is 0.132 e. The summed E-state index contributed by atoms with van der Waals surface area (Å²) in [5.41, 5.74) is 10.3. The molecular weight excluding hydrogens is 433 g/mol. The maximum Gasteiger partial charge on any atom is 0.132 e. The summed E-state index contributed by atoms with van der Waals surface area (Å²) in [6.07, 6.45) is 1.98. The topological polar surface area (TPSA) is 74.4 Å². The second-order valence-corrected chi connectivity index (χ2v) is 9.05. The largest absolute Gasteiger partial charge is 0.506 e. The van der Waals surface area contributed by atoms with Crippen molar-refractivity contribution in [1.29, 1.82) is 0 Å². The fourth-order valence-corrected chi connectivity index (χ4v) is 4.32. The Labute approximate surface area is 200 Å². The number of aromatic amines is 1. The van der Waals surface area contributed by atoms with E-state index in [0.29, 0.717) is 34.0 Å². The van der Waals surface area contributed by atoms with Crippen LogP contribution >= 0.6 is 10.5 Å². The summed E-state index contributed by atoms with van der Waals surface area (Å²) >= 11 is 0. The quantitative estimate of drug-likeness (QED) is 0.151. The molecule has 0 saturated heterocycles. The lowest BCUT2D eigenvalue weighted by molar-refractivity contribution is 0.511. The minimum absolute atomic E-state index is 0.107. The SMILES string of the molecule is C=C(O)c1[nH]c2c(C(C)C(N)=NC)cccc2c1-c1ccc(CS(=C)C)c(F)c1.CC.CC. The Kier molecular flexibility index (Phi) is 11.1. The first kappa shape index (κ1) is 28.2. The Morgan fingerprint density at radius 2 is 1.85 bits per heavy atom. The van der Waals surface area contributed by atoms with Crippen molar-refractivity contribution in [3.63, 3.8) is 0 Å². The predicted molar refractivity (Wildman–Crippen MR) is 148 cm³/mol. The Bertz CT molecular complexity index is 1150. The molecule has 0 aliphatic heterocycles. The molecule has 3 rings (SSSR count). The molecule has 4 N–H and O–H groups in total. The number of amidine groups is 1. The maximum atomic E-state index is 14.7. The van der Waals surface area contributed by atoms with E-state index in [9.17, 15) is 9.50 Å². The Hall–Kier alpha value is -2.86. The fraction of sp³-hybridized carbons (Fsp3) is 0.333. The number of nitrogens with two attached hydrogens (primary N) is 1. The number of para-hydroxylation sites is 1. The van der Waals surface area contributed by atoms with Crippen LogP contribution in [0.1, 0.15) is 57.4 Å². The third-order valence-corrected chi connectivity index (χ3v) is 5.87. The summed E-state index contributed by atoms with van der Waals surface area (Å²) in [5.74, 6) is 4.57. The first-order valence-electron chi connectivity index (χ1n) is 11.2. The van der Waals surface area contributed by atoms with Gasteiger partial charge in [0.1, 0.15) is 17.4 Å². The summed E-state index contributed by atoms with van der Waals surface area (Å²) in [7, 11) is 1.52. The minimum atomic E-state index is -0.277.